The van der Waals surface area contributed by atoms with Crippen molar-refractivity contribution in [1.29, 1.82) is 0 Å². The summed E-state index contributed by atoms with van der Waals surface area (Å²) in [6.45, 7) is 3.28. The first-order valence-electron chi connectivity index (χ1n) is 14.8. The number of halogens is 1. The second kappa shape index (κ2) is 13.2. The van der Waals surface area contributed by atoms with E-state index < -0.39 is 0 Å². The van der Waals surface area contributed by atoms with Gasteiger partial charge in [-0.2, -0.15) is 0 Å². The summed E-state index contributed by atoms with van der Waals surface area (Å²) >= 11 is 0. The fourth-order valence-electron chi connectivity index (χ4n) is 6.99. The largest absolute Gasteiger partial charge is 0.359 e. The highest BCUT2D eigenvalue weighted by molar-refractivity contribution is 5.83. The lowest BCUT2D eigenvalue weighted by molar-refractivity contribution is 0.199. The highest BCUT2D eigenvalue weighted by Crippen LogP contribution is 2.37. The van der Waals surface area contributed by atoms with Crippen LogP contribution < -0.4 is 11.1 Å². The minimum Gasteiger partial charge on any atom is -0.359 e. The zero-order valence-electron chi connectivity index (χ0n) is 22.2. The number of hydrogen-bond donors (Lipinski definition) is 3. The molecule has 0 saturated heterocycles. The predicted octanol–water partition coefficient (Wildman–Crippen LogP) is 8.03. The normalized spacial score (nSPS) is 30.2. The summed E-state index contributed by atoms with van der Waals surface area (Å²) in [5.41, 5.74) is 8.68. The summed E-state index contributed by atoms with van der Waals surface area (Å²) in [5, 5.41) is 4.94. The number of para-hydroxylation sites is 1. The Labute approximate surface area is 213 Å². The van der Waals surface area contributed by atoms with Crippen molar-refractivity contribution in [3.05, 3.63) is 35.8 Å². The van der Waals surface area contributed by atoms with E-state index in [1.54, 1.807) is 0 Å². The molecule has 1 aromatic heterocycles. The van der Waals surface area contributed by atoms with Crippen LogP contribution in [-0.4, -0.2) is 23.1 Å². The fourth-order valence-corrected chi connectivity index (χ4v) is 6.99. The van der Waals surface area contributed by atoms with Crippen molar-refractivity contribution in [2.75, 3.05) is 6.54 Å². The topological polar surface area (TPSA) is 53.8 Å². The molecule has 4 N–H and O–H groups in total. The molecule has 2 saturated carbocycles. The van der Waals surface area contributed by atoms with Crippen molar-refractivity contribution in [3.63, 3.8) is 0 Å². The Bertz CT molecular complexity index is 888. The maximum Gasteiger partial charge on any atom is 0.147 e. The Kier molecular flexibility index (Phi) is 10.1. The summed E-state index contributed by atoms with van der Waals surface area (Å²) in [4.78, 5) is 3.14. The van der Waals surface area contributed by atoms with Crippen molar-refractivity contribution < 1.29 is 4.39 Å². The van der Waals surface area contributed by atoms with Crippen LogP contribution in [0.1, 0.15) is 115 Å². The van der Waals surface area contributed by atoms with Crippen LogP contribution in [0.25, 0.3) is 10.9 Å². The van der Waals surface area contributed by atoms with Gasteiger partial charge in [0, 0.05) is 23.2 Å². The summed E-state index contributed by atoms with van der Waals surface area (Å²) in [6.07, 6.45) is 24.4. The molecule has 4 unspecified atom stereocenters. The zero-order chi connectivity index (χ0) is 24.5. The van der Waals surface area contributed by atoms with Gasteiger partial charge in [-0.15, -0.1) is 0 Å². The van der Waals surface area contributed by atoms with Crippen molar-refractivity contribution in [3.8, 4) is 0 Å². The Morgan fingerprint density at radius 2 is 1.63 bits per heavy atom. The smallest absolute Gasteiger partial charge is 0.147 e. The number of fused-ring (bicyclic) bond motifs is 1. The number of H-pyrrole nitrogens is 1. The van der Waals surface area contributed by atoms with Gasteiger partial charge in [-0.05, 0) is 75.5 Å². The van der Waals surface area contributed by atoms with Crippen LogP contribution in [-0.2, 0) is 6.42 Å². The summed E-state index contributed by atoms with van der Waals surface area (Å²) < 4.78 is 14.1. The van der Waals surface area contributed by atoms with E-state index in [1.165, 1.54) is 114 Å². The van der Waals surface area contributed by atoms with Gasteiger partial charge < -0.3 is 16.0 Å². The van der Waals surface area contributed by atoms with E-state index in [0.29, 0.717) is 11.6 Å². The quantitative estimate of drug-likeness (QED) is 0.403. The van der Waals surface area contributed by atoms with E-state index in [2.05, 4.69) is 17.2 Å². The van der Waals surface area contributed by atoms with E-state index in [0.717, 1.165) is 30.2 Å². The van der Waals surface area contributed by atoms with Gasteiger partial charge >= 0.3 is 0 Å². The van der Waals surface area contributed by atoms with E-state index in [1.807, 2.05) is 18.3 Å². The lowest BCUT2D eigenvalue weighted by Gasteiger charge is -2.35. The first-order valence-corrected chi connectivity index (χ1v) is 14.8. The van der Waals surface area contributed by atoms with Crippen LogP contribution in [0, 0.1) is 17.7 Å². The van der Waals surface area contributed by atoms with Gasteiger partial charge in [0.05, 0.1) is 5.52 Å². The zero-order valence-corrected chi connectivity index (χ0v) is 22.2. The average molecular weight is 484 g/mol. The molecule has 0 amide bonds. The Morgan fingerprint density at radius 3 is 2.46 bits per heavy atom. The van der Waals surface area contributed by atoms with Crippen molar-refractivity contribution in [2.45, 2.75) is 128 Å². The predicted molar refractivity (Wildman–Crippen MR) is 147 cm³/mol. The van der Waals surface area contributed by atoms with Crippen LogP contribution in [0.4, 0.5) is 4.39 Å². The van der Waals surface area contributed by atoms with Crippen molar-refractivity contribution in [2.24, 2.45) is 17.6 Å². The molecule has 2 aliphatic rings. The number of nitrogens with one attached hydrogen (secondary N) is 2. The molecule has 4 atom stereocenters. The molecule has 3 nitrogen and oxygen atoms in total. The standard InChI is InChI=1S/C31H50FN3/c1-31(33)20-10-6-5-8-13-25(22-31)24-12-7-3-2-4-9-14-27(18-17-24)34-21-19-26-23-35-30-28(26)15-11-16-29(30)32/h11,15-16,23-25,27,34-35H,2-10,12-14,17-22,33H2,1H3. The molecule has 1 aromatic carbocycles. The maximum absolute atomic E-state index is 14.1. The molecule has 4 rings (SSSR count). The summed E-state index contributed by atoms with van der Waals surface area (Å²) in [5.74, 6) is 1.47. The SMILES string of the molecule is CC1(N)CCCCCCC(C2CCCCCCCC(NCCc3c[nH]c4c(F)cccc34)CC2)C1. The first-order chi connectivity index (χ1) is 17.0. The van der Waals surface area contributed by atoms with E-state index in [9.17, 15) is 4.39 Å². The van der Waals surface area contributed by atoms with Gasteiger partial charge in [0.2, 0.25) is 0 Å². The number of aromatic nitrogens is 1. The minimum absolute atomic E-state index is 0.0116. The molecule has 1 heterocycles. The van der Waals surface area contributed by atoms with E-state index in [4.69, 9.17) is 5.73 Å². The highest BCUT2D eigenvalue weighted by atomic mass is 19.1. The number of benzene rings is 1. The van der Waals surface area contributed by atoms with Crippen molar-refractivity contribution in [1.82, 2.24) is 10.3 Å². The third-order valence-corrected chi connectivity index (χ3v) is 9.06. The molecule has 0 spiro atoms. The monoisotopic (exact) mass is 483 g/mol. The van der Waals surface area contributed by atoms with Gasteiger partial charge in [-0.25, -0.2) is 4.39 Å². The molecular weight excluding hydrogens is 433 g/mol. The third-order valence-electron chi connectivity index (χ3n) is 9.06. The van der Waals surface area contributed by atoms with Crippen molar-refractivity contribution >= 4 is 10.9 Å². The van der Waals surface area contributed by atoms with Gasteiger partial charge in [-0.1, -0.05) is 82.8 Å². The third kappa shape index (κ3) is 8.05. The van der Waals surface area contributed by atoms with Crippen LogP contribution in [0.15, 0.2) is 24.4 Å². The van der Waals surface area contributed by atoms with Gasteiger partial charge in [0.15, 0.2) is 0 Å². The Morgan fingerprint density at radius 1 is 0.914 bits per heavy atom. The second-order valence-corrected chi connectivity index (χ2v) is 12.1. The molecule has 35 heavy (non-hydrogen) atoms. The lowest BCUT2D eigenvalue weighted by atomic mass is 9.74. The molecule has 2 fully saturated rings. The molecule has 196 valence electrons. The molecule has 0 radical (unpaired) electrons. The molecule has 0 bridgehead atoms. The highest BCUT2D eigenvalue weighted by Gasteiger charge is 2.30. The molecule has 0 aliphatic heterocycles. The number of hydrogen-bond acceptors (Lipinski definition) is 2. The van der Waals surface area contributed by atoms with Crippen LogP contribution in [0.5, 0.6) is 0 Å². The van der Waals surface area contributed by atoms with Gasteiger partial charge in [0.25, 0.3) is 0 Å². The minimum atomic E-state index is -0.158. The first kappa shape index (κ1) is 26.7. The average Bonchev–Trinajstić information content (AvgIpc) is 3.25. The number of aromatic amines is 1. The Balaban J connectivity index is 1.36. The summed E-state index contributed by atoms with van der Waals surface area (Å²) in [7, 11) is 0. The summed E-state index contributed by atoms with van der Waals surface area (Å²) in [6, 6.07) is 5.98. The van der Waals surface area contributed by atoms with Crippen LogP contribution in [0.2, 0.25) is 0 Å². The fraction of sp³-hybridized carbons (Fsp3) is 0.742. The molecule has 2 aliphatic carbocycles. The van der Waals surface area contributed by atoms with Crippen LogP contribution in [0.3, 0.4) is 0 Å². The van der Waals surface area contributed by atoms with E-state index in [-0.39, 0.29) is 11.4 Å². The second-order valence-electron chi connectivity index (χ2n) is 12.1. The van der Waals surface area contributed by atoms with E-state index >= 15 is 0 Å². The maximum atomic E-state index is 14.1. The number of rotatable bonds is 5. The molecular formula is C31H50FN3. The molecule has 2 aromatic rings. The lowest BCUT2D eigenvalue weighted by Crippen LogP contribution is -2.39. The Hall–Kier alpha value is -1.39. The molecule has 4 heteroatoms. The van der Waals surface area contributed by atoms with Gasteiger partial charge in [-0.3, -0.25) is 0 Å². The van der Waals surface area contributed by atoms with Gasteiger partial charge in [0.1, 0.15) is 5.82 Å². The number of nitrogens with two attached hydrogens (primary N) is 1. The van der Waals surface area contributed by atoms with Crippen LogP contribution >= 0.6 is 0 Å².